The van der Waals surface area contributed by atoms with E-state index >= 15 is 0 Å². The van der Waals surface area contributed by atoms with Crippen LogP contribution in [-0.4, -0.2) is 68.6 Å². The van der Waals surface area contributed by atoms with Crippen LogP contribution < -0.4 is 24.3 Å². The summed E-state index contributed by atoms with van der Waals surface area (Å²) < 4.78 is 27.5. The summed E-state index contributed by atoms with van der Waals surface area (Å²) in [5.74, 6) is 2.23. The van der Waals surface area contributed by atoms with Crippen molar-refractivity contribution in [1.29, 1.82) is 0 Å². The Morgan fingerprint density at radius 1 is 1.02 bits per heavy atom. The molecule has 3 aromatic rings. The molecule has 1 aromatic heterocycles. The quantitative estimate of drug-likeness (QED) is 0.358. The van der Waals surface area contributed by atoms with Crippen LogP contribution in [0.5, 0.6) is 23.0 Å². The van der Waals surface area contributed by atoms with Gasteiger partial charge in [0.05, 0.1) is 32.6 Å². The Morgan fingerprint density at radius 3 is 2.65 bits per heavy atom. The lowest BCUT2D eigenvalue weighted by molar-refractivity contribution is -0.133. The molecule has 0 radical (unpaired) electrons. The largest absolute Gasteiger partial charge is 0.497 e. The second-order valence-electron chi connectivity index (χ2n) is 9.53. The Balaban J connectivity index is 1.35. The van der Waals surface area contributed by atoms with E-state index in [1.54, 1.807) is 41.5 Å². The normalized spacial score (nSPS) is 15.5. The van der Waals surface area contributed by atoms with Gasteiger partial charge >= 0.3 is 6.03 Å². The molecular formula is C29H33N3O7S. The molecule has 2 aliphatic heterocycles. The molecule has 11 heteroatoms. The smallest absolute Gasteiger partial charge is 0.322 e. The number of urea groups is 1. The number of hydrogen-bond acceptors (Lipinski definition) is 8. The van der Waals surface area contributed by atoms with Gasteiger partial charge in [0.1, 0.15) is 18.0 Å². The van der Waals surface area contributed by atoms with Crippen LogP contribution in [0.2, 0.25) is 0 Å². The number of rotatable bonds is 11. The molecule has 0 saturated carbocycles. The molecule has 1 atom stereocenters. The van der Waals surface area contributed by atoms with Crippen LogP contribution in [0.3, 0.4) is 0 Å². The lowest BCUT2D eigenvalue weighted by Gasteiger charge is -2.29. The summed E-state index contributed by atoms with van der Waals surface area (Å²) in [5.41, 5.74) is 1.39. The number of nitrogens with one attached hydrogen (secondary N) is 1. The summed E-state index contributed by atoms with van der Waals surface area (Å²) in [6.07, 6.45) is 1.63. The molecule has 0 bridgehead atoms. The Labute approximate surface area is 237 Å². The number of anilines is 1. The van der Waals surface area contributed by atoms with Crippen molar-refractivity contribution in [3.63, 3.8) is 0 Å². The molecule has 2 aromatic carbocycles. The van der Waals surface area contributed by atoms with Crippen molar-refractivity contribution in [2.75, 3.05) is 46.0 Å². The van der Waals surface area contributed by atoms with E-state index in [0.717, 1.165) is 23.3 Å². The van der Waals surface area contributed by atoms with Crippen LogP contribution in [0.4, 0.5) is 10.5 Å². The van der Waals surface area contributed by atoms with Crippen LogP contribution in [0.15, 0.2) is 53.9 Å². The average Bonchev–Trinajstić information content (AvgIpc) is 3.76. The SMILES string of the molecule is COc1ccc(NC(=O)N(CC(=O)N(Cc2ccc3c(c2)OCO3)Cc2cccs2)CC2CCCO2)c(OC)c1. The predicted octanol–water partition coefficient (Wildman–Crippen LogP) is 4.74. The summed E-state index contributed by atoms with van der Waals surface area (Å²) in [4.78, 5) is 31.7. The first-order chi connectivity index (χ1) is 19.5. The van der Waals surface area contributed by atoms with Gasteiger partial charge in [-0.05, 0) is 54.1 Å². The lowest BCUT2D eigenvalue weighted by atomic mass is 10.1. The third-order valence-corrected chi connectivity index (χ3v) is 7.66. The van der Waals surface area contributed by atoms with Gasteiger partial charge in [0, 0.05) is 30.6 Å². The van der Waals surface area contributed by atoms with Crippen LogP contribution in [-0.2, 0) is 22.6 Å². The molecule has 3 amide bonds. The first-order valence-corrected chi connectivity index (χ1v) is 14.0. The van der Waals surface area contributed by atoms with Crippen molar-refractivity contribution < 1.29 is 33.3 Å². The molecule has 0 spiro atoms. The maximum Gasteiger partial charge on any atom is 0.322 e. The zero-order valence-corrected chi connectivity index (χ0v) is 23.4. The van der Waals surface area contributed by atoms with Crippen molar-refractivity contribution in [3.8, 4) is 23.0 Å². The maximum absolute atomic E-state index is 13.8. The highest BCUT2D eigenvalue weighted by molar-refractivity contribution is 7.09. The highest BCUT2D eigenvalue weighted by Crippen LogP contribution is 2.33. The lowest BCUT2D eigenvalue weighted by Crippen LogP contribution is -2.46. The van der Waals surface area contributed by atoms with Crippen molar-refractivity contribution in [1.82, 2.24) is 9.80 Å². The molecule has 1 saturated heterocycles. The molecule has 3 heterocycles. The first-order valence-electron chi connectivity index (χ1n) is 13.1. The van der Waals surface area contributed by atoms with E-state index in [2.05, 4.69) is 5.32 Å². The number of carbonyl (C=O) groups is 2. The Bertz CT molecular complexity index is 1310. The highest BCUT2D eigenvalue weighted by atomic mass is 32.1. The number of amides is 3. The van der Waals surface area contributed by atoms with Gasteiger partial charge in [0.25, 0.3) is 0 Å². The second kappa shape index (κ2) is 12.9. The Morgan fingerprint density at radius 2 is 1.90 bits per heavy atom. The van der Waals surface area contributed by atoms with Gasteiger partial charge < -0.3 is 38.8 Å². The van der Waals surface area contributed by atoms with Gasteiger partial charge in [-0.3, -0.25) is 4.79 Å². The van der Waals surface area contributed by atoms with Crippen molar-refractivity contribution >= 4 is 29.0 Å². The minimum atomic E-state index is -0.411. The van der Waals surface area contributed by atoms with Crippen LogP contribution in [0.25, 0.3) is 0 Å². The number of carbonyl (C=O) groups excluding carboxylic acids is 2. The predicted molar refractivity (Wildman–Crippen MR) is 150 cm³/mol. The summed E-state index contributed by atoms with van der Waals surface area (Å²) in [7, 11) is 3.09. The van der Waals surface area contributed by atoms with E-state index in [1.165, 1.54) is 12.0 Å². The van der Waals surface area contributed by atoms with E-state index in [9.17, 15) is 9.59 Å². The molecule has 1 unspecified atom stereocenters. The molecular weight excluding hydrogens is 534 g/mol. The molecule has 10 nitrogen and oxygen atoms in total. The van der Waals surface area contributed by atoms with E-state index in [4.69, 9.17) is 23.7 Å². The van der Waals surface area contributed by atoms with Crippen LogP contribution in [0.1, 0.15) is 23.3 Å². The molecule has 40 heavy (non-hydrogen) atoms. The zero-order valence-electron chi connectivity index (χ0n) is 22.6. The first kappa shape index (κ1) is 27.6. The number of benzene rings is 2. The van der Waals surface area contributed by atoms with Gasteiger partial charge in [-0.2, -0.15) is 0 Å². The number of thiophene rings is 1. The Kier molecular flexibility index (Phi) is 8.92. The molecule has 5 rings (SSSR count). The molecule has 1 fully saturated rings. The van der Waals surface area contributed by atoms with Gasteiger partial charge in [0.15, 0.2) is 11.5 Å². The van der Waals surface area contributed by atoms with Crippen molar-refractivity contribution in [2.24, 2.45) is 0 Å². The van der Waals surface area contributed by atoms with Gasteiger partial charge in [-0.1, -0.05) is 12.1 Å². The minimum Gasteiger partial charge on any atom is -0.497 e. The summed E-state index contributed by atoms with van der Waals surface area (Å²) in [6, 6.07) is 14.4. The van der Waals surface area contributed by atoms with Crippen LogP contribution in [0, 0.1) is 0 Å². The fourth-order valence-corrected chi connectivity index (χ4v) is 5.41. The fourth-order valence-electron chi connectivity index (χ4n) is 4.70. The summed E-state index contributed by atoms with van der Waals surface area (Å²) in [6.45, 7) is 1.80. The molecule has 0 aliphatic carbocycles. The standard InChI is InChI=1S/C29H33N3O7S/c1-35-21-8-9-24(26(14-21)36-2)30-29(34)32(16-22-5-3-11-37-22)18-28(33)31(17-23-6-4-12-40-23)15-20-7-10-25-27(13-20)39-19-38-25/h4,6-10,12-14,22H,3,5,11,15-19H2,1-2H3,(H,30,34). The third kappa shape index (κ3) is 6.78. The number of ether oxygens (including phenoxy) is 5. The van der Waals surface area contributed by atoms with E-state index in [0.29, 0.717) is 54.9 Å². The number of methoxy groups -OCH3 is 2. The summed E-state index contributed by atoms with van der Waals surface area (Å²) >= 11 is 1.58. The topological polar surface area (TPSA) is 98.8 Å². The fraction of sp³-hybridized carbons (Fsp3) is 0.379. The van der Waals surface area contributed by atoms with E-state index in [-0.39, 0.29) is 25.3 Å². The van der Waals surface area contributed by atoms with Crippen molar-refractivity contribution in [3.05, 3.63) is 64.4 Å². The summed E-state index contributed by atoms with van der Waals surface area (Å²) in [5, 5.41) is 4.89. The highest BCUT2D eigenvalue weighted by Gasteiger charge is 2.28. The third-order valence-electron chi connectivity index (χ3n) is 6.80. The Hall–Kier alpha value is -3.96. The zero-order chi connectivity index (χ0) is 27.9. The average molecular weight is 568 g/mol. The second-order valence-corrected chi connectivity index (χ2v) is 10.6. The minimum absolute atomic E-state index is 0.111. The molecule has 2 aliphatic rings. The van der Waals surface area contributed by atoms with Crippen molar-refractivity contribution in [2.45, 2.75) is 32.0 Å². The molecule has 1 N–H and O–H groups in total. The van der Waals surface area contributed by atoms with Gasteiger partial charge in [0.2, 0.25) is 12.7 Å². The van der Waals surface area contributed by atoms with Gasteiger partial charge in [-0.15, -0.1) is 11.3 Å². The van der Waals surface area contributed by atoms with Gasteiger partial charge in [-0.25, -0.2) is 4.79 Å². The number of hydrogen-bond donors (Lipinski definition) is 1. The maximum atomic E-state index is 13.8. The van der Waals surface area contributed by atoms with Crippen LogP contribution >= 0.6 is 11.3 Å². The number of fused-ring (bicyclic) bond motifs is 1. The molecule has 212 valence electrons. The van der Waals surface area contributed by atoms with E-state index < -0.39 is 6.03 Å². The number of nitrogens with zero attached hydrogens (tertiary/aromatic N) is 2. The monoisotopic (exact) mass is 567 g/mol. The van der Waals surface area contributed by atoms with E-state index in [1.807, 2.05) is 35.7 Å².